The molecule has 1 saturated heterocycles. The average Bonchev–Trinajstić information content (AvgIpc) is 2.47. The molecule has 20 heavy (non-hydrogen) atoms. The Labute approximate surface area is 121 Å². The molecule has 0 radical (unpaired) electrons. The van der Waals surface area contributed by atoms with Crippen LogP contribution in [0.2, 0.25) is 0 Å². The Kier molecular flexibility index (Phi) is 4.67. The SMILES string of the molecule is CNC1CCCN(c2ccc(S(=O)(=O)N(C)C)cc2)C1. The van der Waals surface area contributed by atoms with E-state index in [1.165, 1.54) is 10.7 Å². The van der Waals surface area contributed by atoms with Crippen molar-refractivity contribution in [2.75, 3.05) is 39.1 Å². The fourth-order valence-electron chi connectivity index (χ4n) is 2.49. The zero-order valence-electron chi connectivity index (χ0n) is 12.3. The number of sulfonamides is 1. The number of nitrogens with one attached hydrogen (secondary N) is 1. The normalized spacial score (nSPS) is 20.4. The van der Waals surface area contributed by atoms with Crippen molar-refractivity contribution in [1.29, 1.82) is 0 Å². The molecule has 1 unspecified atom stereocenters. The van der Waals surface area contributed by atoms with E-state index in [0.717, 1.165) is 25.2 Å². The molecule has 1 aromatic carbocycles. The summed E-state index contributed by atoms with van der Waals surface area (Å²) >= 11 is 0. The first-order chi connectivity index (χ1) is 9.45. The van der Waals surface area contributed by atoms with Gasteiger partial charge in [0.1, 0.15) is 0 Å². The van der Waals surface area contributed by atoms with Gasteiger partial charge in [0.15, 0.2) is 0 Å². The van der Waals surface area contributed by atoms with E-state index in [9.17, 15) is 8.42 Å². The minimum absolute atomic E-state index is 0.341. The van der Waals surface area contributed by atoms with Crippen molar-refractivity contribution >= 4 is 15.7 Å². The smallest absolute Gasteiger partial charge is 0.242 e. The highest BCUT2D eigenvalue weighted by atomic mass is 32.2. The highest BCUT2D eigenvalue weighted by molar-refractivity contribution is 7.89. The van der Waals surface area contributed by atoms with E-state index in [-0.39, 0.29) is 0 Å². The van der Waals surface area contributed by atoms with Gasteiger partial charge in [0.2, 0.25) is 10.0 Å². The van der Waals surface area contributed by atoms with E-state index in [1.807, 2.05) is 19.2 Å². The van der Waals surface area contributed by atoms with Gasteiger partial charge >= 0.3 is 0 Å². The maximum atomic E-state index is 12.0. The molecule has 0 spiro atoms. The predicted molar refractivity (Wildman–Crippen MR) is 81.6 cm³/mol. The van der Waals surface area contributed by atoms with Gasteiger partial charge in [0, 0.05) is 38.9 Å². The third-order valence-electron chi connectivity index (χ3n) is 3.81. The van der Waals surface area contributed by atoms with Crippen LogP contribution < -0.4 is 10.2 Å². The maximum Gasteiger partial charge on any atom is 0.242 e. The lowest BCUT2D eigenvalue weighted by Gasteiger charge is -2.34. The topological polar surface area (TPSA) is 52.7 Å². The van der Waals surface area contributed by atoms with Gasteiger partial charge in [0.25, 0.3) is 0 Å². The van der Waals surface area contributed by atoms with E-state index in [0.29, 0.717) is 10.9 Å². The number of likely N-dealkylation sites (N-methyl/N-ethyl adjacent to an activating group) is 1. The molecule has 1 aliphatic rings. The summed E-state index contributed by atoms with van der Waals surface area (Å²) in [6, 6.07) is 7.68. The number of hydrogen-bond acceptors (Lipinski definition) is 4. The van der Waals surface area contributed by atoms with Gasteiger partial charge < -0.3 is 10.2 Å². The molecule has 2 rings (SSSR count). The van der Waals surface area contributed by atoms with E-state index >= 15 is 0 Å². The van der Waals surface area contributed by atoms with Crippen molar-refractivity contribution in [3.05, 3.63) is 24.3 Å². The van der Waals surface area contributed by atoms with Crippen LogP contribution in [0.25, 0.3) is 0 Å². The standard InChI is InChI=1S/C14H23N3O2S/c1-15-12-5-4-10-17(11-12)13-6-8-14(9-7-13)20(18,19)16(2)3/h6-9,12,15H,4-5,10-11H2,1-3H3. The summed E-state index contributed by atoms with van der Waals surface area (Å²) in [6.07, 6.45) is 2.35. The van der Waals surface area contributed by atoms with E-state index in [1.54, 1.807) is 26.2 Å². The fourth-order valence-corrected chi connectivity index (χ4v) is 3.39. The molecule has 1 aliphatic heterocycles. The number of nitrogens with zero attached hydrogens (tertiary/aromatic N) is 2. The molecule has 112 valence electrons. The number of benzene rings is 1. The zero-order chi connectivity index (χ0) is 14.8. The molecular weight excluding hydrogens is 274 g/mol. The fraction of sp³-hybridized carbons (Fsp3) is 0.571. The number of hydrogen-bond donors (Lipinski definition) is 1. The second kappa shape index (κ2) is 6.11. The third kappa shape index (κ3) is 3.13. The quantitative estimate of drug-likeness (QED) is 0.905. The lowest BCUT2D eigenvalue weighted by Crippen LogP contribution is -2.44. The molecule has 0 bridgehead atoms. The van der Waals surface area contributed by atoms with Crippen molar-refractivity contribution in [3.63, 3.8) is 0 Å². The van der Waals surface area contributed by atoms with Crippen molar-refractivity contribution in [2.24, 2.45) is 0 Å². The van der Waals surface area contributed by atoms with Crippen molar-refractivity contribution in [1.82, 2.24) is 9.62 Å². The van der Waals surface area contributed by atoms with Gasteiger partial charge in [-0.15, -0.1) is 0 Å². The van der Waals surface area contributed by atoms with Crippen LogP contribution in [0, 0.1) is 0 Å². The van der Waals surface area contributed by atoms with Crippen LogP contribution in [0.4, 0.5) is 5.69 Å². The molecule has 0 amide bonds. The average molecular weight is 297 g/mol. The molecule has 1 atom stereocenters. The van der Waals surface area contributed by atoms with Gasteiger partial charge in [0.05, 0.1) is 4.90 Å². The second-order valence-electron chi connectivity index (χ2n) is 5.36. The predicted octanol–water partition coefficient (Wildman–Crippen LogP) is 1.13. The van der Waals surface area contributed by atoms with Gasteiger partial charge in [-0.3, -0.25) is 0 Å². The largest absolute Gasteiger partial charge is 0.370 e. The summed E-state index contributed by atoms with van der Waals surface area (Å²) in [7, 11) is 1.74. The van der Waals surface area contributed by atoms with Gasteiger partial charge in [-0.25, -0.2) is 12.7 Å². The van der Waals surface area contributed by atoms with E-state index < -0.39 is 10.0 Å². The van der Waals surface area contributed by atoms with Crippen LogP contribution in [0.5, 0.6) is 0 Å². The highest BCUT2D eigenvalue weighted by Gasteiger charge is 2.20. The third-order valence-corrected chi connectivity index (χ3v) is 5.64. The second-order valence-corrected chi connectivity index (χ2v) is 7.51. The lowest BCUT2D eigenvalue weighted by molar-refractivity contribution is 0.449. The Morgan fingerprint density at radius 1 is 1.25 bits per heavy atom. The zero-order valence-corrected chi connectivity index (χ0v) is 13.2. The van der Waals surface area contributed by atoms with E-state index in [2.05, 4.69) is 10.2 Å². The Balaban J connectivity index is 2.16. The molecule has 5 nitrogen and oxygen atoms in total. The van der Waals surface area contributed by atoms with Crippen LogP contribution in [0.15, 0.2) is 29.2 Å². The van der Waals surface area contributed by atoms with E-state index in [4.69, 9.17) is 0 Å². The minimum Gasteiger partial charge on any atom is -0.370 e. The Hall–Kier alpha value is -1.11. The van der Waals surface area contributed by atoms with Gasteiger partial charge in [-0.05, 0) is 44.2 Å². The van der Waals surface area contributed by atoms with Crippen LogP contribution in [-0.4, -0.2) is 53.0 Å². The molecule has 1 aromatic rings. The summed E-state index contributed by atoms with van der Waals surface area (Å²) in [6.45, 7) is 1.99. The molecule has 0 aliphatic carbocycles. The van der Waals surface area contributed by atoms with Crippen LogP contribution >= 0.6 is 0 Å². The molecule has 1 N–H and O–H groups in total. The molecular formula is C14H23N3O2S. The van der Waals surface area contributed by atoms with Gasteiger partial charge in [-0.1, -0.05) is 0 Å². The monoisotopic (exact) mass is 297 g/mol. The Morgan fingerprint density at radius 3 is 2.45 bits per heavy atom. The lowest BCUT2D eigenvalue weighted by atomic mass is 10.1. The molecule has 1 heterocycles. The van der Waals surface area contributed by atoms with Crippen LogP contribution in [0.1, 0.15) is 12.8 Å². The van der Waals surface area contributed by atoms with Gasteiger partial charge in [-0.2, -0.15) is 0 Å². The molecule has 6 heteroatoms. The van der Waals surface area contributed by atoms with Crippen molar-refractivity contribution in [3.8, 4) is 0 Å². The first-order valence-electron chi connectivity index (χ1n) is 6.90. The van der Waals surface area contributed by atoms with Crippen LogP contribution in [-0.2, 0) is 10.0 Å². The maximum absolute atomic E-state index is 12.0. The Morgan fingerprint density at radius 2 is 1.90 bits per heavy atom. The van der Waals surface area contributed by atoms with Crippen molar-refractivity contribution in [2.45, 2.75) is 23.8 Å². The minimum atomic E-state index is -3.34. The van der Waals surface area contributed by atoms with Crippen molar-refractivity contribution < 1.29 is 8.42 Å². The van der Waals surface area contributed by atoms with Crippen LogP contribution in [0.3, 0.4) is 0 Å². The first kappa shape index (κ1) is 15.3. The summed E-state index contributed by atoms with van der Waals surface area (Å²) in [5, 5.41) is 3.31. The number of piperidine rings is 1. The summed E-state index contributed by atoms with van der Waals surface area (Å²) in [5.41, 5.74) is 1.09. The Bertz CT molecular complexity index is 540. The molecule has 0 saturated carbocycles. The summed E-state index contributed by atoms with van der Waals surface area (Å²) in [5.74, 6) is 0. The summed E-state index contributed by atoms with van der Waals surface area (Å²) in [4.78, 5) is 2.64. The highest BCUT2D eigenvalue weighted by Crippen LogP contribution is 2.22. The molecule has 0 aromatic heterocycles. The number of anilines is 1. The first-order valence-corrected chi connectivity index (χ1v) is 8.34. The molecule has 1 fully saturated rings. The number of rotatable bonds is 4. The summed E-state index contributed by atoms with van der Waals surface area (Å²) < 4.78 is 25.3.